The van der Waals surface area contributed by atoms with Gasteiger partial charge in [-0.05, 0) is 31.0 Å². The molecule has 1 aliphatic rings. The number of hydrogen-bond donors (Lipinski definition) is 2. The monoisotopic (exact) mass is 300 g/mol. The highest BCUT2D eigenvalue weighted by Gasteiger charge is 2.19. The van der Waals surface area contributed by atoms with Gasteiger partial charge in [-0.15, -0.1) is 12.4 Å². The molecular weight excluding hydrogens is 280 g/mol. The summed E-state index contributed by atoms with van der Waals surface area (Å²) in [7, 11) is 0. The first-order valence-electron chi connectivity index (χ1n) is 6.57. The second-order valence-electron chi connectivity index (χ2n) is 4.74. The minimum atomic E-state index is -0.443. The summed E-state index contributed by atoms with van der Waals surface area (Å²) in [5.74, 6) is 1.34. The molecule has 20 heavy (non-hydrogen) atoms. The van der Waals surface area contributed by atoms with Crippen LogP contribution in [0.1, 0.15) is 38.3 Å². The van der Waals surface area contributed by atoms with E-state index in [4.69, 9.17) is 15.2 Å². The van der Waals surface area contributed by atoms with Crippen LogP contribution in [0.5, 0.6) is 11.5 Å². The summed E-state index contributed by atoms with van der Waals surface area (Å²) in [5.41, 5.74) is 6.76. The van der Waals surface area contributed by atoms with Crippen LogP contribution in [0.25, 0.3) is 0 Å². The SMILES string of the molecule is CCCC(N)C(=O)NC(C)c1ccc2c(c1)OCO2.Cl. The van der Waals surface area contributed by atoms with Gasteiger partial charge in [-0.2, -0.15) is 0 Å². The van der Waals surface area contributed by atoms with E-state index < -0.39 is 6.04 Å². The molecule has 0 aliphatic carbocycles. The minimum Gasteiger partial charge on any atom is -0.454 e. The molecule has 1 aromatic carbocycles. The van der Waals surface area contributed by atoms with Crippen LogP contribution in [-0.4, -0.2) is 18.7 Å². The van der Waals surface area contributed by atoms with Gasteiger partial charge in [-0.3, -0.25) is 4.79 Å². The van der Waals surface area contributed by atoms with Crippen molar-refractivity contribution in [3.8, 4) is 11.5 Å². The molecule has 2 rings (SSSR count). The number of nitrogens with two attached hydrogens (primary N) is 1. The number of halogens is 1. The average Bonchev–Trinajstić information content (AvgIpc) is 2.85. The molecule has 5 nitrogen and oxygen atoms in total. The largest absolute Gasteiger partial charge is 0.454 e. The fourth-order valence-electron chi connectivity index (χ4n) is 2.03. The Hall–Kier alpha value is -1.46. The maximum Gasteiger partial charge on any atom is 0.237 e. The zero-order valence-electron chi connectivity index (χ0n) is 11.7. The van der Waals surface area contributed by atoms with E-state index in [2.05, 4.69) is 5.32 Å². The van der Waals surface area contributed by atoms with E-state index in [0.29, 0.717) is 6.42 Å². The van der Waals surface area contributed by atoms with E-state index in [-0.39, 0.29) is 31.1 Å². The van der Waals surface area contributed by atoms with Crippen LogP contribution in [0, 0.1) is 0 Å². The molecule has 6 heteroatoms. The molecular formula is C14H21ClN2O3. The maximum absolute atomic E-state index is 11.9. The van der Waals surface area contributed by atoms with Crippen molar-refractivity contribution >= 4 is 18.3 Å². The first-order chi connectivity index (χ1) is 9.11. The Morgan fingerprint density at radius 3 is 2.80 bits per heavy atom. The Morgan fingerprint density at radius 1 is 1.40 bits per heavy atom. The lowest BCUT2D eigenvalue weighted by Crippen LogP contribution is -2.41. The third kappa shape index (κ3) is 3.77. The number of fused-ring (bicyclic) bond motifs is 1. The number of ether oxygens (including phenoxy) is 2. The molecule has 1 amide bonds. The number of benzene rings is 1. The molecule has 0 bridgehead atoms. The minimum absolute atomic E-state index is 0. The lowest BCUT2D eigenvalue weighted by atomic mass is 10.1. The van der Waals surface area contributed by atoms with Crippen molar-refractivity contribution in [2.45, 2.75) is 38.8 Å². The Balaban J connectivity index is 0.00000200. The molecule has 0 spiro atoms. The van der Waals surface area contributed by atoms with E-state index in [0.717, 1.165) is 23.5 Å². The summed E-state index contributed by atoms with van der Waals surface area (Å²) in [5, 5.41) is 2.91. The number of nitrogens with one attached hydrogen (secondary N) is 1. The molecule has 0 saturated heterocycles. The predicted molar refractivity (Wildman–Crippen MR) is 79.3 cm³/mol. The van der Waals surface area contributed by atoms with Crippen molar-refractivity contribution in [2.75, 3.05) is 6.79 Å². The van der Waals surface area contributed by atoms with Gasteiger partial charge >= 0.3 is 0 Å². The smallest absolute Gasteiger partial charge is 0.237 e. The molecule has 0 aromatic heterocycles. The van der Waals surface area contributed by atoms with Crippen molar-refractivity contribution < 1.29 is 14.3 Å². The first-order valence-corrected chi connectivity index (χ1v) is 6.57. The van der Waals surface area contributed by atoms with Gasteiger partial charge in [0.05, 0.1) is 12.1 Å². The van der Waals surface area contributed by atoms with E-state index in [9.17, 15) is 4.79 Å². The number of amides is 1. The van der Waals surface area contributed by atoms with Crippen LogP contribution in [0.3, 0.4) is 0 Å². The maximum atomic E-state index is 11.9. The first kappa shape index (κ1) is 16.6. The van der Waals surface area contributed by atoms with Crippen molar-refractivity contribution in [1.29, 1.82) is 0 Å². The lowest BCUT2D eigenvalue weighted by molar-refractivity contribution is -0.123. The lowest BCUT2D eigenvalue weighted by Gasteiger charge is -2.17. The Kier molecular flexibility index (Phi) is 6.10. The average molecular weight is 301 g/mol. The molecule has 1 aliphatic heterocycles. The van der Waals surface area contributed by atoms with Crippen LogP contribution in [0.4, 0.5) is 0 Å². The summed E-state index contributed by atoms with van der Waals surface area (Å²) in [4.78, 5) is 11.9. The third-order valence-corrected chi connectivity index (χ3v) is 3.19. The van der Waals surface area contributed by atoms with Crippen LogP contribution >= 0.6 is 12.4 Å². The summed E-state index contributed by atoms with van der Waals surface area (Å²) < 4.78 is 10.6. The van der Waals surface area contributed by atoms with Gasteiger partial charge in [0.2, 0.25) is 12.7 Å². The van der Waals surface area contributed by atoms with Gasteiger partial charge in [-0.25, -0.2) is 0 Å². The van der Waals surface area contributed by atoms with Crippen LogP contribution < -0.4 is 20.5 Å². The molecule has 2 unspecified atom stereocenters. The fourth-order valence-corrected chi connectivity index (χ4v) is 2.03. The van der Waals surface area contributed by atoms with E-state index in [1.54, 1.807) is 0 Å². The Bertz CT molecular complexity index is 468. The predicted octanol–water partition coefficient (Wildman–Crippen LogP) is 2.14. The van der Waals surface area contributed by atoms with Crippen LogP contribution in [-0.2, 0) is 4.79 Å². The number of carbonyl (C=O) groups is 1. The standard InChI is InChI=1S/C14H20N2O3.ClH/c1-3-4-11(15)14(17)16-9(2)10-5-6-12-13(7-10)19-8-18-12;/h5-7,9,11H,3-4,8,15H2,1-2H3,(H,16,17);1H. The second-order valence-corrected chi connectivity index (χ2v) is 4.74. The van der Waals surface area contributed by atoms with Crippen molar-refractivity contribution in [1.82, 2.24) is 5.32 Å². The number of hydrogen-bond acceptors (Lipinski definition) is 4. The van der Waals surface area contributed by atoms with Crippen LogP contribution in [0.15, 0.2) is 18.2 Å². The summed E-state index contributed by atoms with van der Waals surface area (Å²) in [6, 6.07) is 5.11. The summed E-state index contributed by atoms with van der Waals surface area (Å²) in [6.45, 7) is 4.18. The van der Waals surface area contributed by atoms with Crippen molar-refractivity contribution in [2.24, 2.45) is 5.73 Å². The molecule has 0 radical (unpaired) electrons. The molecule has 0 saturated carbocycles. The number of carbonyl (C=O) groups excluding carboxylic acids is 1. The number of rotatable bonds is 5. The van der Waals surface area contributed by atoms with Crippen LogP contribution in [0.2, 0.25) is 0 Å². The van der Waals surface area contributed by atoms with Gasteiger partial charge in [0, 0.05) is 0 Å². The zero-order valence-corrected chi connectivity index (χ0v) is 12.5. The van der Waals surface area contributed by atoms with Gasteiger partial charge in [0.1, 0.15) is 0 Å². The zero-order chi connectivity index (χ0) is 13.8. The van der Waals surface area contributed by atoms with Crippen molar-refractivity contribution in [3.63, 3.8) is 0 Å². The normalized spacial score (nSPS) is 15.2. The Labute approximate surface area is 125 Å². The topological polar surface area (TPSA) is 73.6 Å². The van der Waals surface area contributed by atoms with Gasteiger partial charge in [-0.1, -0.05) is 19.4 Å². The Morgan fingerprint density at radius 2 is 2.10 bits per heavy atom. The highest BCUT2D eigenvalue weighted by molar-refractivity contribution is 5.85. The fraction of sp³-hybridized carbons (Fsp3) is 0.500. The van der Waals surface area contributed by atoms with E-state index in [1.807, 2.05) is 32.0 Å². The molecule has 3 N–H and O–H groups in total. The molecule has 2 atom stereocenters. The highest BCUT2D eigenvalue weighted by Crippen LogP contribution is 2.34. The quantitative estimate of drug-likeness (QED) is 0.874. The van der Waals surface area contributed by atoms with E-state index >= 15 is 0 Å². The highest BCUT2D eigenvalue weighted by atomic mass is 35.5. The van der Waals surface area contributed by atoms with Gasteiger partial charge < -0.3 is 20.5 Å². The van der Waals surface area contributed by atoms with E-state index in [1.165, 1.54) is 0 Å². The molecule has 1 aromatic rings. The van der Waals surface area contributed by atoms with Gasteiger partial charge in [0.25, 0.3) is 0 Å². The second kappa shape index (κ2) is 7.36. The molecule has 1 heterocycles. The van der Waals surface area contributed by atoms with Gasteiger partial charge in [0.15, 0.2) is 11.5 Å². The summed E-state index contributed by atoms with van der Waals surface area (Å²) in [6.07, 6.45) is 1.59. The molecule has 112 valence electrons. The van der Waals surface area contributed by atoms with Crippen molar-refractivity contribution in [3.05, 3.63) is 23.8 Å². The third-order valence-electron chi connectivity index (χ3n) is 3.19. The summed E-state index contributed by atoms with van der Waals surface area (Å²) >= 11 is 0. The molecule has 0 fully saturated rings.